The normalized spacial score (nSPS) is 13.7. The summed E-state index contributed by atoms with van der Waals surface area (Å²) >= 11 is 0.845. The summed E-state index contributed by atoms with van der Waals surface area (Å²) in [6, 6.07) is 0. The first-order valence-corrected chi connectivity index (χ1v) is 10.4. The van der Waals surface area contributed by atoms with Gasteiger partial charge in [-0.25, -0.2) is 0 Å². The van der Waals surface area contributed by atoms with Gasteiger partial charge in [0.2, 0.25) is 0 Å². The van der Waals surface area contributed by atoms with Crippen molar-refractivity contribution in [2.75, 3.05) is 6.61 Å². The number of hydrogen-bond acceptors (Lipinski definition) is 5. The molecular weight excluding hydrogens is 343 g/mol. The molecule has 0 saturated heterocycles. The van der Waals surface area contributed by atoms with E-state index in [2.05, 4.69) is 13.8 Å². The Balaban J connectivity index is 0. The Kier molecular flexibility index (Phi) is 15.5. The quantitative estimate of drug-likeness (QED) is 0.294. The molecule has 0 aromatic heterocycles. The predicted molar refractivity (Wildman–Crippen MR) is 80.5 cm³/mol. The van der Waals surface area contributed by atoms with Gasteiger partial charge in [0.1, 0.15) is 0 Å². The maximum Gasteiger partial charge on any atom is 0.325 e. The summed E-state index contributed by atoms with van der Waals surface area (Å²) in [5.74, 6) is -3.50. The first-order valence-electron chi connectivity index (χ1n) is 7.04. The van der Waals surface area contributed by atoms with Crippen LogP contribution in [0.3, 0.4) is 0 Å². The summed E-state index contributed by atoms with van der Waals surface area (Å²) in [6.45, 7) is 5.39. The van der Waals surface area contributed by atoms with Gasteiger partial charge in [0.05, 0.1) is 6.42 Å². The molecule has 126 valence electrons. The Hall–Kier alpha value is 0.446. The molecule has 0 aliphatic carbocycles. The van der Waals surface area contributed by atoms with E-state index in [1.165, 1.54) is 25.7 Å². The third kappa shape index (κ3) is 16.8. The van der Waals surface area contributed by atoms with E-state index in [4.69, 9.17) is 19.5 Å². The van der Waals surface area contributed by atoms with Crippen LogP contribution in [0.15, 0.2) is 0 Å². The molecule has 0 aromatic rings. The summed E-state index contributed by atoms with van der Waals surface area (Å²) in [4.78, 5) is 20.0. The molecule has 8 nitrogen and oxygen atoms in total. The second kappa shape index (κ2) is 13.8. The molecule has 0 aliphatic heterocycles. The van der Waals surface area contributed by atoms with E-state index in [9.17, 15) is 18.0 Å². The summed E-state index contributed by atoms with van der Waals surface area (Å²) in [5.41, 5.74) is 0. The SMILES string of the molecule is CCCCCCO[CH](C)[K].O=C(O)CC(C(=O)O)S(=O)(=O)O. The minimum atomic E-state index is -4.84. The van der Waals surface area contributed by atoms with Crippen molar-refractivity contribution in [3.63, 3.8) is 0 Å². The van der Waals surface area contributed by atoms with E-state index in [1.54, 1.807) is 0 Å². The molecule has 3 N–H and O–H groups in total. The largest absolute Gasteiger partial charge is 0.481 e. The van der Waals surface area contributed by atoms with Crippen molar-refractivity contribution in [1.82, 2.24) is 0 Å². The monoisotopic (exact) mass is 366 g/mol. The molecule has 2 unspecified atom stereocenters. The Morgan fingerprint density at radius 3 is 2.00 bits per heavy atom. The van der Waals surface area contributed by atoms with E-state index in [-0.39, 0.29) is 0 Å². The van der Waals surface area contributed by atoms with Gasteiger partial charge in [0, 0.05) is 0 Å². The Morgan fingerprint density at radius 1 is 1.18 bits per heavy atom. The average molecular weight is 366 g/mol. The standard InChI is InChI=1S/C8H17O.C4H6O7S.K/c1-3-5-6-7-8-9-4-2;5-3(6)1-2(4(7)8)12(9,10)11;/h4H,3,5-8H2,1-2H3;2H,1H2,(H,5,6)(H,7,8)(H,9,10,11);. The maximum absolute atomic E-state index is 10.2. The third-order valence-corrected chi connectivity index (χ3v) is 4.05. The second-order valence-electron chi connectivity index (χ2n) is 4.92. The molecule has 0 rings (SSSR count). The van der Waals surface area contributed by atoms with Crippen molar-refractivity contribution < 1.29 is 37.5 Å². The maximum atomic E-state index is 10.2. The topological polar surface area (TPSA) is 138 Å². The zero-order valence-electron chi connectivity index (χ0n) is 13.2. The molecule has 0 fully saturated rings. The molecule has 0 bridgehead atoms. The summed E-state index contributed by atoms with van der Waals surface area (Å²) in [6.07, 6.45) is 4.13. The Labute approximate surface area is 164 Å². The Bertz CT molecular complexity index is 421. The van der Waals surface area contributed by atoms with Gasteiger partial charge < -0.3 is 10.2 Å². The fourth-order valence-electron chi connectivity index (χ4n) is 1.33. The third-order valence-electron chi connectivity index (χ3n) is 2.44. The van der Waals surface area contributed by atoms with Crippen molar-refractivity contribution >= 4 is 71.0 Å². The summed E-state index contributed by atoms with van der Waals surface area (Å²) in [7, 11) is -4.84. The van der Waals surface area contributed by atoms with Gasteiger partial charge in [-0.1, -0.05) is 0 Å². The van der Waals surface area contributed by atoms with Crippen LogP contribution >= 0.6 is 0 Å². The molecule has 22 heavy (non-hydrogen) atoms. The number of hydrogen-bond donors (Lipinski definition) is 3. The van der Waals surface area contributed by atoms with Crippen LogP contribution in [-0.2, 0) is 24.4 Å². The second-order valence-corrected chi connectivity index (χ2v) is 9.06. The van der Waals surface area contributed by atoms with Crippen LogP contribution in [-0.4, -0.2) is 96.1 Å². The average Bonchev–Trinajstić information content (AvgIpc) is 2.34. The van der Waals surface area contributed by atoms with E-state index in [0.717, 1.165) is 55.6 Å². The molecule has 0 amide bonds. The number of aliphatic carboxylic acids is 2. The van der Waals surface area contributed by atoms with Crippen LogP contribution in [0.4, 0.5) is 0 Å². The molecule has 0 heterocycles. The number of carboxylic acid groups (broad SMARTS) is 2. The van der Waals surface area contributed by atoms with Crippen molar-refractivity contribution in [3.05, 3.63) is 0 Å². The fourth-order valence-corrected chi connectivity index (χ4v) is 2.30. The number of rotatable bonds is 10. The van der Waals surface area contributed by atoms with Gasteiger partial charge in [-0.2, -0.15) is 8.42 Å². The summed E-state index contributed by atoms with van der Waals surface area (Å²) in [5, 5.41) is 13.9. The van der Waals surface area contributed by atoms with E-state index >= 15 is 0 Å². The fraction of sp³-hybridized carbons (Fsp3) is 0.833. The van der Waals surface area contributed by atoms with Gasteiger partial charge in [-0.15, -0.1) is 0 Å². The van der Waals surface area contributed by atoms with Crippen LogP contribution in [0, 0.1) is 0 Å². The molecule has 0 aromatic carbocycles. The molecule has 2 atom stereocenters. The van der Waals surface area contributed by atoms with Crippen LogP contribution in [0.25, 0.3) is 0 Å². The molecule has 10 heteroatoms. The van der Waals surface area contributed by atoms with E-state index in [1.807, 2.05) is 0 Å². The molecule has 0 aliphatic rings. The molecule has 0 radical (unpaired) electrons. The van der Waals surface area contributed by atoms with Crippen molar-refractivity contribution in [3.8, 4) is 0 Å². The van der Waals surface area contributed by atoms with Crippen molar-refractivity contribution in [2.24, 2.45) is 0 Å². The minimum absolute atomic E-state index is 0.592. The van der Waals surface area contributed by atoms with Crippen LogP contribution in [0.5, 0.6) is 0 Å². The molecular formula is C12H23KO8S. The number of unbranched alkanes of at least 4 members (excludes halogenated alkanes) is 3. The van der Waals surface area contributed by atoms with Crippen LogP contribution in [0.1, 0.15) is 46.0 Å². The van der Waals surface area contributed by atoms with Gasteiger partial charge in [-0.3, -0.25) is 14.1 Å². The van der Waals surface area contributed by atoms with Crippen molar-refractivity contribution in [2.45, 2.75) is 51.4 Å². The number of carboxylic acids is 2. The minimum Gasteiger partial charge on any atom is -0.481 e. The van der Waals surface area contributed by atoms with Gasteiger partial charge in [0.15, 0.2) is 5.25 Å². The predicted octanol–water partition coefficient (Wildman–Crippen LogP) is 0.900. The first-order chi connectivity index (χ1) is 10.0. The van der Waals surface area contributed by atoms with E-state index < -0.39 is 33.7 Å². The summed E-state index contributed by atoms with van der Waals surface area (Å²) < 4.78 is 34.7. The Morgan fingerprint density at radius 2 is 1.73 bits per heavy atom. The van der Waals surface area contributed by atoms with Gasteiger partial charge in [0.25, 0.3) is 10.1 Å². The zero-order chi connectivity index (χ0) is 17.8. The van der Waals surface area contributed by atoms with Crippen LogP contribution in [0.2, 0.25) is 0 Å². The van der Waals surface area contributed by atoms with E-state index in [0.29, 0.717) is 0.199 Å². The van der Waals surface area contributed by atoms with Crippen LogP contribution < -0.4 is 0 Å². The number of carbonyl (C=O) groups is 2. The van der Waals surface area contributed by atoms with Gasteiger partial charge >= 0.3 is 112 Å². The molecule has 0 saturated carbocycles. The molecule has 0 spiro atoms. The number of ether oxygens (including phenoxy) is 1. The smallest absolute Gasteiger partial charge is 0.325 e. The van der Waals surface area contributed by atoms with Gasteiger partial charge in [-0.05, 0) is 0 Å². The van der Waals surface area contributed by atoms with Crippen molar-refractivity contribution in [1.29, 1.82) is 0 Å². The first kappa shape index (κ1) is 24.7. The zero-order valence-corrected chi connectivity index (χ0v) is 17.1.